The Bertz CT molecular complexity index is 2780. The van der Waals surface area contributed by atoms with Crippen LogP contribution < -0.4 is 4.90 Å². The van der Waals surface area contributed by atoms with Gasteiger partial charge in [-0.1, -0.05) is 146 Å². The Hall–Kier alpha value is -6.40. The molecule has 0 fully saturated rings. The molecule has 1 heterocycles. The fourth-order valence-corrected chi connectivity index (χ4v) is 9.92. The first-order valence-electron chi connectivity index (χ1n) is 17.4. The van der Waals surface area contributed by atoms with E-state index in [1.54, 1.807) is 0 Å². The summed E-state index contributed by atoms with van der Waals surface area (Å²) in [4.78, 5) is 2.38. The van der Waals surface area contributed by atoms with Crippen LogP contribution >= 0.6 is 11.3 Å². The molecule has 2 aliphatic rings. The third-order valence-corrected chi connectivity index (χ3v) is 12.1. The summed E-state index contributed by atoms with van der Waals surface area (Å²) in [6.07, 6.45) is 0. The van der Waals surface area contributed by atoms with E-state index in [-0.39, 0.29) is 0 Å². The van der Waals surface area contributed by atoms with Crippen molar-refractivity contribution >= 4 is 48.6 Å². The minimum absolute atomic E-state index is 0.449. The van der Waals surface area contributed by atoms with Gasteiger partial charge in [0, 0.05) is 37.0 Å². The van der Waals surface area contributed by atoms with Crippen molar-refractivity contribution in [1.82, 2.24) is 0 Å². The van der Waals surface area contributed by atoms with Gasteiger partial charge in [0.05, 0.1) is 16.8 Å². The maximum Gasteiger partial charge on any atom is 0.0980 e. The van der Waals surface area contributed by atoms with Crippen LogP contribution in [0.3, 0.4) is 0 Å². The average Bonchev–Trinajstić information content (AvgIpc) is 3.82. The Balaban J connectivity index is 1.19. The maximum atomic E-state index is 3.86. The molecule has 0 aliphatic heterocycles. The molecule has 11 rings (SSSR count). The molecular weight excluding hydrogens is 635 g/mol. The molecule has 0 N–H and O–H groups in total. The van der Waals surface area contributed by atoms with E-state index in [9.17, 15) is 0 Å². The van der Waals surface area contributed by atoms with Gasteiger partial charge in [0.25, 0.3) is 0 Å². The van der Waals surface area contributed by atoms with Gasteiger partial charge in [-0.2, -0.15) is 0 Å². The van der Waals surface area contributed by atoms with Crippen LogP contribution in [-0.4, -0.2) is 0 Å². The molecular formula is C49H29NS. The highest BCUT2D eigenvalue weighted by Gasteiger charge is 2.52. The SMILES string of the molecule is c1c(N(c2ccc3sc4ccccc4c3c2)c2ccccc2-c2ccccc2)cc2c(c#1)C1(c3ccccc3-2)c2ccccc2-c2ccccc21. The molecule has 0 unspecified atom stereocenters. The third-order valence-electron chi connectivity index (χ3n) is 10.9. The first-order chi connectivity index (χ1) is 25.3. The molecule has 9 aromatic rings. The van der Waals surface area contributed by atoms with Gasteiger partial charge in [-0.05, 0) is 87.0 Å². The standard InChI is InChI=1S/C49H29NS/c1-2-14-32(15-3-1)35-16-7-12-24-46(35)50(34-27-29-48-41(31-34)39-20-8-13-25-47(39)51-48)33-26-28-45-40(30-33)38-19-6-11-23-44(38)49(45)42-21-9-4-17-36(42)37-18-5-10-22-43(37)49/h1-25,27,29-31H. The summed E-state index contributed by atoms with van der Waals surface area (Å²) in [5.74, 6) is 0. The van der Waals surface area contributed by atoms with Crippen LogP contribution in [0.15, 0.2) is 176 Å². The number of para-hydroxylation sites is 1. The van der Waals surface area contributed by atoms with Crippen LogP contribution in [-0.2, 0) is 5.41 Å². The average molecular weight is 664 g/mol. The van der Waals surface area contributed by atoms with Crippen molar-refractivity contribution in [2.75, 3.05) is 4.90 Å². The van der Waals surface area contributed by atoms with Gasteiger partial charge < -0.3 is 4.90 Å². The van der Waals surface area contributed by atoms with Gasteiger partial charge in [-0.15, -0.1) is 11.3 Å². The highest BCUT2D eigenvalue weighted by Crippen LogP contribution is 2.62. The lowest BCUT2D eigenvalue weighted by atomic mass is 9.71. The predicted octanol–water partition coefficient (Wildman–Crippen LogP) is 13.1. The van der Waals surface area contributed by atoms with Crippen LogP contribution in [0.2, 0.25) is 0 Å². The normalized spacial score (nSPS) is 13.1. The summed E-state index contributed by atoms with van der Waals surface area (Å²) >= 11 is 1.85. The van der Waals surface area contributed by atoms with Crippen molar-refractivity contribution in [3.63, 3.8) is 0 Å². The molecule has 0 atom stereocenters. The van der Waals surface area contributed by atoms with Gasteiger partial charge in [0.2, 0.25) is 0 Å². The number of nitrogens with zero attached hydrogens (tertiary/aromatic N) is 1. The molecule has 1 aromatic heterocycles. The van der Waals surface area contributed by atoms with Gasteiger partial charge in [0.15, 0.2) is 0 Å². The van der Waals surface area contributed by atoms with Crippen LogP contribution in [0.25, 0.3) is 53.6 Å². The van der Waals surface area contributed by atoms with E-state index in [0.29, 0.717) is 0 Å². The molecule has 1 spiro atoms. The minimum atomic E-state index is -0.449. The Morgan fingerprint density at radius 2 is 1.00 bits per heavy atom. The maximum absolute atomic E-state index is 3.86. The molecule has 2 heteroatoms. The van der Waals surface area contributed by atoms with Crippen LogP contribution in [0.4, 0.5) is 17.1 Å². The predicted molar refractivity (Wildman–Crippen MR) is 213 cm³/mol. The second-order valence-electron chi connectivity index (χ2n) is 13.5. The molecule has 1 nitrogen and oxygen atoms in total. The summed E-state index contributed by atoms with van der Waals surface area (Å²) in [7, 11) is 0. The van der Waals surface area contributed by atoms with Gasteiger partial charge in [-0.3, -0.25) is 0 Å². The fraction of sp³-hybridized carbons (Fsp3) is 0.0204. The van der Waals surface area contributed by atoms with Gasteiger partial charge >= 0.3 is 0 Å². The summed E-state index contributed by atoms with van der Waals surface area (Å²) in [5.41, 5.74) is 15.2. The molecule has 0 radical (unpaired) electrons. The van der Waals surface area contributed by atoms with Crippen molar-refractivity contribution in [2.24, 2.45) is 0 Å². The molecule has 0 saturated heterocycles. The quantitative estimate of drug-likeness (QED) is 0.181. The topological polar surface area (TPSA) is 3.24 Å². The lowest BCUT2D eigenvalue weighted by molar-refractivity contribution is 0.794. The van der Waals surface area contributed by atoms with Gasteiger partial charge in [-0.25, -0.2) is 0 Å². The van der Waals surface area contributed by atoms with Gasteiger partial charge in [0.1, 0.15) is 0 Å². The fourth-order valence-electron chi connectivity index (χ4n) is 8.83. The van der Waals surface area contributed by atoms with Crippen molar-refractivity contribution in [3.8, 4) is 33.4 Å². The second kappa shape index (κ2) is 10.8. The Kier molecular flexibility index (Phi) is 6.02. The highest BCUT2D eigenvalue weighted by atomic mass is 32.1. The van der Waals surface area contributed by atoms with E-state index >= 15 is 0 Å². The van der Waals surface area contributed by atoms with E-state index in [1.807, 2.05) is 11.3 Å². The van der Waals surface area contributed by atoms with E-state index in [0.717, 1.165) is 22.6 Å². The van der Waals surface area contributed by atoms with Crippen LogP contribution in [0.5, 0.6) is 0 Å². The van der Waals surface area contributed by atoms with Crippen molar-refractivity contribution in [1.29, 1.82) is 0 Å². The minimum Gasteiger partial charge on any atom is -0.303 e. The van der Waals surface area contributed by atoms with Crippen molar-refractivity contribution < 1.29 is 0 Å². The first kappa shape index (κ1) is 28.4. The van der Waals surface area contributed by atoms with E-state index in [2.05, 4.69) is 193 Å². The van der Waals surface area contributed by atoms with Crippen LogP contribution in [0.1, 0.15) is 22.3 Å². The van der Waals surface area contributed by atoms with Crippen molar-refractivity contribution in [2.45, 2.75) is 5.41 Å². The number of hydrogen-bond donors (Lipinski definition) is 0. The summed E-state index contributed by atoms with van der Waals surface area (Å²) in [5, 5.41) is 2.55. The molecule has 51 heavy (non-hydrogen) atoms. The van der Waals surface area contributed by atoms with E-state index in [4.69, 9.17) is 0 Å². The zero-order chi connectivity index (χ0) is 33.5. The Labute approximate surface area is 301 Å². The van der Waals surface area contributed by atoms with Crippen LogP contribution in [0, 0.1) is 12.1 Å². The van der Waals surface area contributed by atoms with E-state index < -0.39 is 5.41 Å². The first-order valence-corrected chi connectivity index (χ1v) is 18.3. The summed E-state index contributed by atoms with van der Waals surface area (Å²) < 4.78 is 2.59. The Morgan fingerprint density at radius 1 is 0.431 bits per heavy atom. The number of anilines is 3. The number of benzene rings is 7. The summed E-state index contributed by atoms with van der Waals surface area (Å²) in [6, 6.07) is 71.8. The molecule has 8 aromatic carbocycles. The molecule has 236 valence electrons. The third kappa shape index (κ3) is 3.93. The van der Waals surface area contributed by atoms with Crippen molar-refractivity contribution in [3.05, 3.63) is 210 Å². The largest absolute Gasteiger partial charge is 0.303 e. The zero-order valence-corrected chi connectivity index (χ0v) is 28.4. The monoisotopic (exact) mass is 663 g/mol. The molecule has 0 amide bonds. The smallest absolute Gasteiger partial charge is 0.0980 e. The zero-order valence-electron chi connectivity index (χ0n) is 27.6. The number of thiophene rings is 1. The number of hydrogen-bond acceptors (Lipinski definition) is 2. The highest BCUT2D eigenvalue weighted by molar-refractivity contribution is 7.25. The lowest BCUT2D eigenvalue weighted by Crippen LogP contribution is -2.25. The number of rotatable bonds is 4. The molecule has 0 bridgehead atoms. The lowest BCUT2D eigenvalue weighted by Gasteiger charge is -2.29. The Morgan fingerprint density at radius 3 is 1.73 bits per heavy atom. The molecule has 2 aliphatic carbocycles. The second-order valence-corrected chi connectivity index (χ2v) is 14.5. The molecule has 0 saturated carbocycles. The van der Waals surface area contributed by atoms with E-state index in [1.165, 1.54) is 70.2 Å². The summed E-state index contributed by atoms with van der Waals surface area (Å²) in [6.45, 7) is 0. The number of fused-ring (bicyclic) bond motifs is 13.